The minimum atomic E-state index is -1.00. The molecule has 24 heavy (non-hydrogen) atoms. The van der Waals surface area contributed by atoms with E-state index in [1.807, 2.05) is 6.07 Å². The molecule has 0 aliphatic heterocycles. The highest BCUT2D eigenvalue weighted by Crippen LogP contribution is 2.27. The molecule has 120 valence electrons. The maximum atomic E-state index is 11.8. The number of nitro benzene ring substituents is 1. The molecule has 0 unspecified atom stereocenters. The summed E-state index contributed by atoms with van der Waals surface area (Å²) in [5.74, 6) is -1.96. The predicted octanol–water partition coefficient (Wildman–Crippen LogP) is 2.70. The number of nitrogens with one attached hydrogen (secondary N) is 2. The number of benzene rings is 2. The van der Waals surface area contributed by atoms with Crippen LogP contribution in [0.1, 0.15) is 5.56 Å². The highest BCUT2D eigenvalue weighted by Gasteiger charge is 2.17. The first-order valence-corrected chi connectivity index (χ1v) is 6.85. The van der Waals surface area contributed by atoms with Crippen LogP contribution in [0, 0.1) is 21.4 Å². The lowest BCUT2D eigenvalue weighted by Crippen LogP contribution is -2.29. The van der Waals surface area contributed by atoms with Gasteiger partial charge in [0.05, 0.1) is 16.6 Å². The average molecular weight is 345 g/mol. The topological polar surface area (TPSA) is 125 Å². The summed E-state index contributed by atoms with van der Waals surface area (Å²) in [6.07, 6.45) is 0. The third kappa shape index (κ3) is 4.06. The standard InChI is InChI=1S/C15H9ClN4O4/c16-12-6-5-11(7-13(12)20(23)24)19-15(22)14(21)18-10-3-1-9(8-17)2-4-10/h1-7H,(H,18,21)(H,19,22). The lowest BCUT2D eigenvalue weighted by atomic mass is 10.2. The van der Waals surface area contributed by atoms with Crippen LogP contribution in [0.25, 0.3) is 0 Å². The van der Waals surface area contributed by atoms with Crippen molar-refractivity contribution in [1.29, 1.82) is 5.26 Å². The van der Waals surface area contributed by atoms with Crippen LogP contribution in [0.3, 0.4) is 0 Å². The number of amides is 2. The van der Waals surface area contributed by atoms with Crippen molar-refractivity contribution in [2.24, 2.45) is 0 Å². The Bertz CT molecular complexity index is 859. The first-order chi connectivity index (χ1) is 11.4. The first-order valence-electron chi connectivity index (χ1n) is 6.47. The Morgan fingerprint density at radius 1 is 1.04 bits per heavy atom. The number of carbonyl (C=O) groups is 2. The van der Waals surface area contributed by atoms with Gasteiger partial charge in [-0.05, 0) is 36.4 Å². The van der Waals surface area contributed by atoms with Gasteiger partial charge in [-0.1, -0.05) is 11.6 Å². The van der Waals surface area contributed by atoms with E-state index in [-0.39, 0.29) is 16.4 Å². The van der Waals surface area contributed by atoms with Gasteiger partial charge < -0.3 is 10.6 Å². The maximum Gasteiger partial charge on any atom is 0.314 e. The normalized spacial score (nSPS) is 9.67. The molecule has 0 aliphatic carbocycles. The second kappa shape index (κ2) is 7.21. The Kier molecular flexibility index (Phi) is 5.09. The molecule has 0 radical (unpaired) electrons. The van der Waals surface area contributed by atoms with E-state index in [2.05, 4.69) is 10.6 Å². The summed E-state index contributed by atoms with van der Waals surface area (Å²) in [6, 6.07) is 11.5. The first kappa shape index (κ1) is 16.9. The molecule has 0 fully saturated rings. The van der Waals surface area contributed by atoms with Gasteiger partial charge >= 0.3 is 11.8 Å². The van der Waals surface area contributed by atoms with Crippen LogP contribution in [0.5, 0.6) is 0 Å². The second-order valence-electron chi connectivity index (χ2n) is 4.52. The van der Waals surface area contributed by atoms with Gasteiger partial charge in [-0.2, -0.15) is 5.26 Å². The minimum Gasteiger partial charge on any atom is -0.318 e. The van der Waals surface area contributed by atoms with Crippen LogP contribution in [0.15, 0.2) is 42.5 Å². The van der Waals surface area contributed by atoms with Crippen LogP contribution in [0.2, 0.25) is 5.02 Å². The Labute approximate surface area is 140 Å². The van der Waals surface area contributed by atoms with Crippen LogP contribution in [0.4, 0.5) is 17.1 Å². The number of halogens is 1. The Morgan fingerprint density at radius 3 is 2.12 bits per heavy atom. The van der Waals surface area contributed by atoms with Gasteiger partial charge in [0.1, 0.15) is 5.02 Å². The van der Waals surface area contributed by atoms with E-state index >= 15 is 0 Å². The van der Waals surface area contributed by atoms with Crippen molar-refractivity contribution in [3.8, 4) is 6.07 Å². The summed E-state index contributed by atoms with van der Waals surface area (Å²) in [5.41, 5.74) is 0.412. The average Bonchev–Trinajstić information content (AvgIpc) is 2.57. The molecule has 2 N–H and O–H groups in total. The largest absolute Gasteiger partial charge is 0.318 e. The van der Waals surface area contributed by atoms with Crippen molar-refractivity contribution >= 4 is 40.5 Å². The number of anilines is 2. The number of carbonyl (C=O) groups excluding carboxylic acids is 2. The highest BCUT2D eigenvalue weighted by atomic mass is 35.5. The van der Waals surface area contributed by atoms with E-state index in [1.165, 1.54) is 36.4 Å². The predicted molar refractivity (Wildman–Crippen MR) is 86.5 cm³/mol. The number of nitro groups is 1. The van der Waals surface area contributed by atoms with Crippen molar-refractivity contribution in [2.75, 3.05) is 10.6 Å². The number of nitrogens with zero attached hydrogens (tertiary/aromatic N) is 2. The highest BCUT2D eigenvalue weighted by molar-refractivity contribution is 6.43. The van der Waals surface area contributed by atoms with E-state index in [4.69, 9.17) is 16.9 Å². The quantitative estimate of drug-likeness (QED) is 0.503. The molecule has 2 aromatic rings. The molecule has 0 aromatic heterocycles. The van der Waals surface area contributed by atoms with Gasteiger partial charge in [0.15, 0.2) is 0 Å². The molecule has 9 heteroatoms. The van der Waals surface area contributed by atoms with Gasteiger partial charge in [0.25, 0.3) is 5.69 Å². The van der Waals surface area contributed by atoms with Gasteiger partial charge in [-0.25, -0.2) is 0 Å². The summed E-state index contributed by atoms with van der Waals surface area (Å²) >= 11 is 5.67. The van der Waals surface area contributed by atoms with E-state index in [0.29, 0.717) is 11.3 Å². The Balaban J connectivity index is 2.06. The molecule has 8 nitrogen and oxygen atoms in total. The fourth-order valence-corrected chi connectivity index (χ4v) is 1.92. The zero-order valence-corrected chi connectivity index (χ0v) is 12.7. The van der Waals surface area contributed by atoms with Gasteiger partial charge in [0.2, 0.25) is 0 Å². The molecule has 0 aliphatic rings. The SMILES string of the molecule is N#Cc1ccc(NC(=O)C(=O)Nc2ccc(Cl)c([N+](=O)[O-])c2)cc1. The molecule has 2 amide bonds. The van der Waals surface area contributed by atoms with Crippen molar-refractivity contribution in [2.45, 2.75) is 0 Å². The maximum absolute atomic E-state index is 11.8. The number of hydrogen-bond donors (Lipinski definition) is 2. The number of rotatable bonds is 3. The van der Waals surface area contributed by atoms with E-state index in [0.717, 1.165) is 6.07 Å². The minimum absolute atomic E-state index is 0.0612. The van der Waals surface area contributed by atoms with Crippen molar-refractivity contribution in [1.82, 2.24) is 0 Å². The fraction of sp³-hybridized carbons (Fsp3) is 0. The number of nitriles is 1. The van der Waals surface area contributed by atoms with Crippen molar-refractivity contribution < 1.29 is 14.5 Å². The molecule has 2 rings (SSSR count). The van der Waals surface area contributed by atoms with Crippen LogP contribution < -0.4 is 10.6 Å². The molecular formula is C15H9ClN4O4. The third-order valence-corrected chi connectivity index (χ3v) is 3.20. The van der Waals surface area contributed by atoms with E-state index < -0.39 is 16.7 Å². The smallest absolute Gasteiger partial charge is 0.314 e. The molecule has 0 saturated heterocycles. The van der Waals surface area contributed by atoms with E-state index in [9.17, 15) is 19.7 Å². The summed E-state index contributed by atoms with van der Waals surface area (Å²) < 4.78 is 0. The van der Waals surface area contributed by atoms with E-state index in [1.54, 1.807) is 0 Å². The van der Waals surface area contributed by atoms with Crippen molar-refractivity contribution in [3.63, 3.8) is 0 Å². The molecule has 0 saturated carbocycles. The molecule has 0 heterocycles. The molecule has 0 atom stereocenters. The zero-order valence-electron chi connectivity index (χ0n) is 11.9. The molecule has 0 spiro atoms. The fourth-order valence-electron chi connectivity index (χ4n) is 1.73. The van der Waals surface area contributed by atoms with Gasteiger partial charge in [-0.15, -0.1) is 0 Å². The van der Waals surface area contributed by atoms with Crippen LogP contribution >= 0.6 is 11.6 Å². The summed E-state index contributed by atoms with van der Waals surface area (Å²) in [7, 11) is 0. The molecule has 0 bridgehead atoms. The van der Waals surface area contributed by atoms with Gasteiger partial charge in [0, 0.05) is 17.4 Å². The monoisotopic (exact) mass is 344 g/mol. The summed E-state index contributed by atoms with van der Waals surface area (Å²) in [6.45, 7) is 0. The third-order valence-electron chi connectivity index (χ3n) is 2.88. The van der Waals surface area contributed by atoms with Crippen molar-refractivity contribution in [3.05, 3.63) is 63.2 Å². The van der Waals surface area contributed by atoms with Gasteiger partial charge in [-0.3, -0.25) is 19.7 Å². The molecule has 2 aromatic carbocycles. The van der Waals surface area contributed by atoms with Crippen LogP contribution in [-0.4, -0.2) is 16.7 Å². The Morgan fingerprint density at radius 2 is 1.58 bits per heavy atom. The molecular weight excluding hydrogens is 336 g/mol. The number of hydrogen-bond acceptors (Lipinski definition) is 5. The summed E-state index contributed by atoms with van der Waals surface area (Å²) in [5, 5.41) is 24.0. The second-order valence-corrected chi connectivity index (χ2v) is 4.93. The zero-order chi connectivity index (χ0) is 17.7. The van der Waals surface area contributed by atoms with Crippen LogP contribution in [-0.2, 0) is 9.59 Å². The lowest BCUT2D eigenvalue weighted by molar-refractivity contribution is -0.384. The lowest BCUT2D eigenvalue weighted by Gasteiger charge is -2.07. The Hall–Kier alpha value is -3.44. The summed E-state index contributed by atoms with van der Waals surface area (Å²) in [4.78, 5) is 33.7.